The van der Waals surface area contributed by atoms with Gasteiger partial charge in [0, 0.05) is 43.0 Å². The zero-order valence-corrected chi connectivity index (χ0v) is 17.3. The number of fused-ring (bicyclic) bond motifs is 1. The molecule has 0 saturated heterocycles. The lowest BCUT2D eigenvalue weighted by molar-refractivity contribution is -0.121. The van der Waals surface area contributed by atoms with Gasteiger partial charge in [-0.05, 0) is 34.9 Å². The molecule has 3 aromatic carbocycles. The van der Waals surface area contributed by atoms with E-state index in [0.717, 1.165) is 28.0 Å². The van der Waals surface area contributed by atoms with Crippen molar-refractivity contribution in [1.29, 1.82) is 0 Å². The van der Waals surface area contributed by atoms with E-state index in [0.29, 0.717) is 13.0 Å². The normalized spacial score (nSPS) is 11.9. The first kappa shape index (κ1) is 19.8. The molecule has 1 heterocycles. The number of rotatable bonds is 7. The van der Waals surface area contributed by atoms with Gasteiger partial charge < -0.3 is 14.6 Å². The highest BCUT2D eigenvalue weighted by molar-refractivity contribution is 5.86. The lowest BCUT2D eigenvalue weighted by Crippen LogP contribution is -2.25. The van der Waals surface area contributed by atoms with Crippen LogP contribution in [0.15, 0.2) is 85.1 Å². The minimum absolute atomic E-state index is 0.0348. The largest absolute Gasteiger partial charge is 0.497 e. The summed E-state index contributed by atoms with van der Waals surface area (Å²) in [4.78, 5) is 12.9. The Kier molecular flexibility index (Phi) is 5.84. The van der Waals surface area contributed by atoms with Crippen LogP contribution in [0.4, 0.5) is 0 Å². The standard InChI is InChI=1S/C26H26N2O2/c1-28-18-24(22-10-6-7-11-25(22)28)23(20-12-14-21(30-2)15-13-20)16-26(29)27-17-19-8-4-3-5-9-19/h3-15,18,23H,16-17H2,1-2H3,(H,27,29)/t23-/m0/s1. The molecule has 0 aliphatic heterocycles. The first-order valence-corrected chi connectivity index (χ1v) is 10.1. The Bertz CT molecular complexity index is 1130. The summed E-state index contributed by atoms with van der Waals surface area (Å²) in [5.74, 6) is 0.800. The van der Waals surface area contributed by atoms with Crippen molar-refractivity contribution in [2.45, 2.75) is 18.9 Å². The fraction of sp³-hybridized carbons (Fsp3) is 0.192. The van der Waals surface area contributed by atoms with E-state index in [9.17, 15) is 4.79 Å². The number of hydrogen-bond acceptors (Lipinski definition) is 2. The third-order valence-electron chi connectivity index (χ3n) is 5.54. The van der Waals surface area contributed by atoms with Crippen LogP contribution >= 0.6 is 0 Å². The summed E-state index contributed by atoms with van der Waals surface area (Å²) in [5, 5.41) is 4.25. The Hall–Kier alpha value is -3.53. The van der Waals surface area contributed by atoms with E-state index in [2.05, 4.69) is 40.3 Å². The van der Waals surface area contributed by atoms with Crippen LogP contribution in [0.2, 0.25) is 0 Å². The van der Waals surface area contributed by atoms with Gasteiger partial charge in [-0.25, -0.2) is 0 Å². The molecule has 4 heteroatoms. The van der Waals surface area contributed by atoms with Crippen LogP contribution in [-0.4, -0.2) is 17.6 Å². The van der Waals surface area contributed by atoms with Crippen LogP contribution in [0.5, 0.6) is 5.75 Å². The summed E-state index contributed by atoms with van der Waals surface area (Å²) in [7, 11) is 3.71. The Labute approximate surface area is 177 Å². The third-order valence-corrected chi connectivity index (χ3v) is 5.54. The zero-order valence-electron chi connectivity index (χ0n) is 17.3. The van der Waals surface area contributed by atoms with Crippen LogP contribution in [0.3, 0.4) is 0 Å². The summed E-state index contributed by atoms with van der Waals surface area (Å²) in [6, 6.07) is 26.3. The molecule has 0 unspecified atom stereocenters. The lowest BCUT2D eigenvalue weighted by atomic mass is 9.88. The summed E-state index contributed by atoms with van der Waals surface area (Å²) in [6.07, 6.45) is 2.53. The van der Waals surface area contributed by atoms with E-state index in [1.807, 2.05) is 61.6 Å². The van der Waals surface area contributed by atoms with Crippen molar-refractivity contribution in [3.05, 3.63) is 102 Å². The Balaban J connectivity index is 1.64. The highest BCUT2D eigenvalue weighted by atomic mass is 16.5. The van der Waals surface area contributed by atoms with Crippen molar-refractivity contribution in [3.63, 3.8) is 0 Å². The van der Waals surface area contributed by atoms with E-state index in [1.165, 1.54) is 5.39 Å². The van der Waals surface area contributed by atoms with Crippen molar-refractivity contribution < 1.29 is 9.53 Å². The van der Waals surface area contributed by atoms with Gasteiger partial charge in [-0.1, -0.05) is 60.7 Å². The van der Waals surface area contributed by atoms with Gasteiger partial charge in [0.15, 0.2) is 0 Å². The molecule has 152 valence electrons. The van der Waals surface area contributed by atoms with Gasteiger partial charge in [-0.2, -0.15) is 0 Å². The van der Waals surface area contributed by atoms with Gasteiger partial charge >= 0.3 is 0 Å². The van der Waals surface area contributed by atoms with E-state index >= 15 is 0 Å². The molecule has 4 rings (SSSR count). The van der Waals surface area contributed by atoms with Crippen LogP contribution in [0.1, 0.15) is 29.0 Å². The van der Waals surface area contributed by atoms with E-state index < -0.39 is 0 Å². The van der Waals surface area contributed by atoms with Gasteiger partial charge in [0.25, 0.3) is 0 Å². The molecule has 0 saturated carbocycles. The average molecular weight is 399 g/mol. The number of amides is 1. The predicted molar refractivity (Wildman–Crippen MR) is 121 cm³/mol. The lowest BCUT2D eigenvalue weighted by Gasteiger charge is -2.18. The van der Waals surface area contributed by atoms with Crippen molar-refractivity contribution in [1.82, 2.24) is 9.88 Å². The number of nitrogens with zero attached hydrogens (tertiary/aromatic N) is 1. The molecule has 0 radical (unpaired) electrons. The summed E-state index contributed by atoms with van der Waals surface area (Å²) in [6.45, 7) is 0.532. The number of carbonyl (C=O) groups excluding carboxylic acids is 1. The molecule has 1 N–H and O–H groups in total. The number of aromatic nitrogens is 1. The number of aryl methyl sites for hydroxylation is 1. The molecule has 0 bridgehead atoms. The van der Waals surface area contributed by atoms with Gasteiger partial charge in [0.05, 0.1) is 7.11 Å². The summed E-state index contributed by atoms with van der Waals surface area (Å²) in [5.41, 5.74) is 4.52. The number of methoxy groups -OCH3 is 1. The molecule has 4 nitrogen and oxygen atoms in total. The Morgan fingerprint density at radius 3 is 2.40 bits per heavy atom. The highest BCUT2D eigenvalue weighted by Crippen LogP contribution is 2.35. The maximum absolute atomic E-state index is 12.9. The number of nitrogens with one attached hydrogen (secondary N) is 1. The van der Waals surface area contributed by atoms with Crippen LogP contribution < -0.4 is 10.1 Å². The van der Waals surface area contributed by atoms with Crippen molar-refractivity contribution >= 4 is 16.8 Å². The molecule has 0 aliphatic carbocycles. The second-order valence-electron chi connectivity index (χ2n) is 7.50. The fourth-order valence-electron chi connectivity index (χ4n) is 3.95. The zero-order chi connectivity index (χ0) is 20.9. The van der Waals surface area contributed by atoms with Gasteiger partial charge in [-0.15, -0.1) is 0 Å². The monoisotopic (exact) mass is 398 g/mol. The first-order chi connectivity index (χ1) is 14.7. The van der Waals surface area contributed by atoms with Gasteiger partial charge in [0.1, 0.15) is 5.75 Å². The first-order valence-electron chi connectivity index (χ1n) is 10.1. The molecule has 1 amide bonds. The van der Waals surface area contributed by atoms with E-state index in [1.54, 1.807) is 7.11 Å². The topological polar surface area (TPSA) is 43.3 Å². The SMILES string of the molecule is COc1ccc([C@H](CC(=O)NCc2ccccc2)c2cn(C)c3ccccc23)cc1. The second-order valence-corrected chi connectivity index (χ2v) is 7.50. The minimum Gasteiger partial charge on any atom is -0.497 e. The third kappa shape index (κ3) is 4.23. The molecular formula is C26H26N2O2. The van der Waals surface area contributed by atoms with Gasteiger partial charge in [-0.3, -0.25) is 4.79 Å². The second kappa shape index (κ2) is 8.87. The number of para-hydroxylation sites is 1. The fourth-order valence-corrected chi connectivity index (χ4v) is 3.95. The predicted octanol–water partition coefficient (Wildman–Crippen LogP) is 5.03. The smallest absolute Gasteiger partial charge is 0.221 e. The molecule has 4 aromatic rings. The summed E-state index contributed by atoms with van der Waals surface area (Å²) < 4.78 is 7.44. The number of carbonyl (C=O) groups is 1. The van der Waals surface area contributed by atoms with Gasteiger partial charge in [0.2, 0.25) is 5.91 Å². The molecule has 0 spiro atoms. The van der Waals surface area contributed by atoms with Crippen LogP contribution in [0.25, 0.3) is 10.9 Å². The van der Waals surface area contributed by atoms with Crippen LogP contribution in [-0.2, 0) is 18.4 Å². The summed E-state index contributed by atoms with van der Waals surface area (Å²) >= 11 is 0. The van der Waals surface area contributed by atoms with E-state index in [4.69, 9.17) is 4.74 Å². The Morgan fingerprint density at radius 1 is 0.967 bits per heavy atom. The van der Waals surface area contributed by atoms with Crippen LogP contribution in [0, 0.1) is 0 Å². The van der Waals surface area contributed by atoms with E-state index in [-0.39, 0.29) is 11.8 Å². The number of benzene rings is 3. The van der Waals surface area contributed by atoms with Crippen molar-refractivity contribution in [2.75, 3.05) is 7.11 Å². The minimum atomic E-state index is -0.0437. The number of ether oxygens (including phenoxy) is 1. The Morgan fingerprint density at radius 2 is 1.67 bits per heavy atom. The highest BCUT2D eigenvalue weighted by Gasteiger charge is 2.22. The molecule has 0 fully saturated rings. The quantitative estimate of drug-likeness (QED) is 0.475. The van der Waals surface area contributed by atoms with Crippen molar-refractivity contribution in [3.8, 4) is 5.75 Å². The molecular weight excluding hydrogens is 372 g/mol. The average Bonchev–Trinajstić information content (AvgIpc) is 3.13. The molecule has 1 atom stereocenters. The maximum Gasteiger partial charge on any atom is 0.221 e. The molecule has 0 aliphatic rings. The van der Waals surface area contributed by atoms with Crippen molar-refractivity contribution in [2.24, 2.45) is 7.05 Å². The molecule has 30 heavy (non-hydrogen) atoms. The number of hydrogen-bond donors (Lipinski definition) is 1. The molecule has 1 aromatic heterocycles. The maximum atomic E-state index is 12.9.